The van der Waals surface area contributed by atoms with Gasteiger partial charge in [0.15, 0.2) is 8.32 Å². The topological polar surface area (TPSA) is 18.5 Å². The van der Waals surface area contributed by atoms with Gasteiger partial charge in [0.25, 0.3) is 0 Å². The molecule has 0 spiro atoms. The molecule has 0 radical (unpaired) electrons. The first-order valence-corrected chi connectivity index (χ1v) is 11.9. The third kappa shape index (κ3) is 5.29. The largest absolute Gasteiger partial charge is 0.417 e. The molecule has 0 aromatic heterocycles. The van der Waals surface area contributed by atoms with Crippen LogP contribution >= 0.6 is 0 Å². The van der Waals surface area contributed by atoms with E-state index in [1.165, 1.54) is 18.1 Å². The highest BCUT2D eigenvalue weighted by atomic mass is 28.4. The quantitative estimate of drug-likeness (QED) is 0.609. The van der Waals surface area contributed by atoms with Crippen LogP contribution in [-0.4, -0.2) is 29.5 Å². The Balaban J connectivity index is 4.20. The molecule has 0 aliphatic heterocycles. The third-order valence-electron chi connectivity index (χ3n) is 3.19. The van der Waals surface area contributed by atoms with Gasteiger partial charge in [-0.1, -0.05) is 20.8 Å². The third-order valence-corrected chi connectivity index (χ3v) is 10.0. The molecule has 0 aromatic carbocycles. The summed E-state index contributed by atoms with van der Waals surface area (Å²) in [6.07, 6.45) is 0.878. The van der Waals surface area contributed by atoms with Crippen molar-refractivity contribution < 1.29 is 8.85 Å². The highest BCUT2D eigenvalue weighted by Gasteiger charge is 2.32. The van der Waals surface area contributed by atoms with Gasteiger partial charge in [0.05, 0.1) is 6.23 Å². The molecule has 15 heavy (non-hydrogen) atoms. The van der Waals surface area contributed by atoms with Crippen molar-refractivity contribution in [2.24, 2.45) is 0 Å². The summed E-state index contributed by atoms with van der Waals surface area (Å²) in [5.74, 6) is 0. The molecule has 0 saturated heterocycles. The van der Waals surface area contributed by atoms with Gasteiger partial charge in [-0.15, -0.1) is 0 Å². The number of rotatable bonds is 8. The van der Waals surface area contributed by atoms with Crippen molar-refractivity contribution in [3.05, 3.63) is 0 Å². The Labute approximate surface area is 97.6 Å². The van der Waals surface area contributed by atoms with Crippen molar-refractivity contribution in [3.63, 3.8) is 0 Å². The summed E-state index contributed by atoms with van der Waals surface area (Å²) in [4.78, 5) is 0. The summed E-state index contributed by atoms with van der Waals surface area (Å²) in [7, 11) is -2.95. The maximum atomic E-state index is 6.27. The van der Waals surface area contributed by atoms with E-state index in [-0.39, 0.29) is 0 Å². The summed E-state index contributed by atoms with van der Waals surface area (Å²) in [5.41, 5.74) is 0. The molecule has 0 fully saturated rings. The van der Waals surface area contributed by atoms with E-state index in [4.69, 9.17) is 8.85 Å². The summed E-state index contributed by atoms with van der Waals surface area (Å²) >= 11 is 0. The lowest BCUT2D eigenvalue weighted by Crippen LogP contribution is -2.45. The minimum atomic E-state index is -1.55. The predicted molar refractivity (Wildman–Crippen MR) is 72.3 cm³/mol. The van der Waals surface area contributed by atoms with Crippen molar-refractivity contribution in [1.29, 1.82) is 0 Å². The van der Waals surface area contributed by atoms with Gasteiger partial charge in [-0.05, 0) is 38.2 Å². The van der Waals surface area contributed by atoms with Gasteiger partial charge in [-0.25, -0.2) is 0 Å². The van der Waals surface area contributed by atoms with Crippen molar-refractivity contribution in [1.82, 2.24) is 0 Å². The predicted octanol–water partition coefficient (Wildman–Crippen LogP) is 3.79. The lowest BCUT2D eigenvalue weighted by molar-refractivity contribution is 0.277. The SMILES string of the molecule is CCO[Si](C)(C)CO[Si](CC)(CC)CC. The van der Waals surface area contributed by atoms with Gasteiger partial charge < -0.3 is 8.85 Å². The van der Waals surface area contributed by atoms with Crippen molar-refractivity contribution >= 4 is 16.6 Å². The summed E-state index contributed by atoms with van der Waals surface area (Å²) < 4.78 is 12.1. The van der Waals surface area contributed by atoms with Crippen LogP contribution in [0.3, 0.4) is 0 Å². The molecule has 92 valence electrons. The second kappa shape index (κ2) is 6.83. The van der Waals surface area contributed by atoms with E-state index in [9.17, 15) is 0 Å². The molecule has 2 nitrogen and oxygen atoms in total. The zero-order valence-corrected chi connectivity index (χ0v) is 13.4. The molecular weight excluding hydrogens is 220 g/mol. The standard InChI is InChI=1S/C11H28O2Si2/c1-7-12-14(5,6)11-13-15(8-2,9-3)10-4/h7-11H2,1-6H3. The smallest absolute Gasteiger partial charge is 0.210 e. The summed E-state index contributed by atoms with van der Waals surface area (Å²) in [6.45, 7) is 14.2. The van der Waals surface area contributed by atoms with Crippen molar-refractivity contribution in [2.45, 2.75) is 58.9 Å². The Morgan fingerprint density at radius 1 is 0.800 bits per heavy atom. The average Bonchev–Trinajstić information content (AvgIpc) is 2.21. The molecule has 0 aromatic rings. The molecule has 0 bridgehead atoms. The minimum absolute atomic E-state index is 0.821. The Morgan fingerprint density at radius 3 is 1.60 bits per heavy atom. The van der Waals surface area contributed by atoms with Crippen LogP contribution in [0.2, 0.25) is 31.2 Å². The van der Waals surface area contributed by atoms with Gasteiger partial charge in [-0.2, -0.15) is 0 Å². The van der Waals surface area contributed by atoms with Gasteiger partial charge in [0.1, 0.15) is 0 Å². The first-order valence-electron chi connectivity index (χ1n) is 6.23. The summed E-state index contributed by atoms with van der Waals surface area (Å²) in [6, 6.07) is 3.70. The minimum Gasteiger partial charge on any atom is -0.417 e. The van der Waals surface area contributed by atoms with E-state index in [1.54, 1.807) is 0 Å². The van der Waals surface area contributed by atoms with Crippen LogP contribution in [0, 0.1) is 0 Å². The fourth-order valence-electron chi connectivity index (χ4n) is 1.82. The molecule has 0 heterocycles. The van der Waals surface area contributed by atoms with Gasteiger partial charge >= 0.3 is 0 Å². The van der Waals surface area contributed by atoms with E-state index in [0.717, 1.165) is 12.8 Å². The molecule has 4 heteroatoms. The first-order chi connectivity index (χ1) is 6.95. The zero-order chi connectivity index (χ0) is 11.9. The monoisotopic (exact) mass is 248 g/mol. The van der Waals surface area contributed by atoms with Crippen LogP contribution in [0.5, 0.6) is 0 Å². The average molecular weight is 249 g/mol. The Hall–Kier alpha value is 0.354. The second-order valence-electron chi connectivity index (χ2n) is 4.73. The molecule has 0 aliphatic rings. The van der Waals surface area contributed by atoms with Crippen LogP contribution in [0.25, 0.3) is 0 Å². The highest BCUT2D eigenvalue weighted by molar-refractivity contribution is 6.76. The molecule has 0 rings (SSSR count). The molecule has 0 unspecified atom stereocenters. The first kappa shape index (κ1) is 15.4. The Bertz CT molecular complexity index is 160. The second-order valence-corrected chi connectivity index (χ2v) is 13.6. The van der Waals surface area contributed by atoms with Crippen LogP contribution in [0.1, 0.15) is 27.7 Å². The van der Waals surface area contributed by atoms with Crippen molar-refractivity contribution in [2.75, 3.05) is 12.8 Å². The van der Waals surface area contributed by atoms with Crippen molar-refractivity contribution in [3.8, 4) is 0 Å². The van der Waals surface area contributed by atoms with E-state index in [0.29, 0.717) is 0 Å². The molecule has 0 N–H and O–H groups in total. The highest BCUT2D eigenvalue weighted by Crippen LogP contribution is 2.23. The maximum Gasteiger partial charge on any atom is 0.210 e. The molecule has 0 amide bonds. The van der Waals surface area contributed by atoms with E-state index >= 15 is 0 Å². The molecule has 0 aliphatic carbocycles. The van der Waals surface area contributed by atoms with E-state index < -0.39 is 16.6 Å². The summed E-state index contributed by atoms with van der Waals surface area (Å²) in [5, 5.41) is 0. The van der Waals surface area contributed by atoms with E-state index in [1.807, 2.05) is 0 Å². The van der Waals surface area contributed by atoms with Gasteiger partial charge in [-0.3, -0.25) is 0 Å². The number of hydrogen-bond acceptors (Lipinski definition) is 2. The fraction of sp³-hybridized carbons (Fsp3) is 1.00. The van der Waals surface area contributed by atoms with Crippen LogP contribution < -0.4 is 0 Å². The molecular formula is C11H28O2Si2. The number of hydrogen-bond donors (Lipinski definition) is 0. The molecule has 0 saturated carbocycles. The Morgan fingerprint density at radius 2 is 1.27 bits per heavy atom. The van der Waals surface area contributed by atoms with Gasteiger partial charge in [0.2, 0.25) is 8.32 Å². The lowest BCUT2D eigenvalue weighted by atomic mass is 10.9. The lowest BCUT2D eigenvalue weighted by Gasteiger charge is -2.32. The zero-order valence-electron chi connectivity index (χ0n) is 11.4. The fourth-order valence-corrected chi connectivity index (χ4v) is 7.41. The van der Waals surface area contributed by atoms with Gasteiger partial charge in [0, 0.05) is 6.61 Å². The molecule has 0 atom stereocenters. The van der Waals surface area contributed by atoms with Crippen LogP contribution in [-0.2, 0) is 8.85 Å². The van der Waals surface area contributed by atoms with Crippen LogP contribution in [0.4, 0.5) is 0 Å². The van der Waals surface area contributed by atoms with E-state index in [2.05, 4.69) is 40.8 Å². The normalized spacial score (nSPS) is 13.2. The maximum absolute atomic E-state index is 6.27. The van der Waals surface area contributed by atoms with Crippen LogP contribution in [0.15, 0.2) is 0 Å². The Kier molecular flexibility index (Phi) is 6.99.